The lowest BCUT2D eigenvalue weighted by Crippen LogP contribution is -2.10. The van der Waals surface area contributed by atoms with Crippen molar-refractivity contribution in [2.75, 3.05) is 36.9 Å². The molecule has 7 nitrogen and oxygen atoms in total. The molecule has 21 heavy (non-hydrogen) atoms. The Balaban J connectivity index is 2.48. The number of nitrogens with one attached hydrogen (secondary N) is 2. The van der Waals surface area contributed by atoms with Gasteiger partial charge in [-0.3, -0.25) is 10.1 Å². The number of nitro groups is 1. The van der Waals surface area contributed by atoms with Crippen molar-refractivity contribution in [2.45, 2.75) is 27.2 Å². The minimum absolute atomic E-state index is 0.0273. The van der Waals surface area contributed by atoms with Crippen LogP contribution in [-0.4, -0.2) is 36.2 Å². The summed E-state index contributed by atoms with van der Waals surface area (Å²) in [6, 6.07) is 2.87. The zero-order chi connectivity index (χ0) is 15.7. The quantitative estimate of drug-likeness (QED) is 0.392. The fourth-order valence-corrected chi connectivity index (χ4v) is 1.69. The zero-order valence-corrected chi connectivity index (χ0v) is 12.9. The van der Waals surface area contributed by atoms with Crippen LogP contribution < -0.4 is 10.6 Å². The molecule has 7 heteroatoms. The van der Waals surface area contributed by atoms with Crippen molar-refractivity contribution in [3.63, 3.8) is 0 Å². The second kappa shape index (κ2) is 9.12. The molecule has 0 saturated heterocycles. The maximum Gasteiger partial charge on any atom is 0.276 e. The average Bonchev–Trinajstić information content (AvgIpc) is 2.42. The lowest BCUT2D eigenvalue weighted by Gasteiger charge is -2.09. The summed E-state index contributed by atoms with van der Waals surface area (Å²) in [4.78, 5) is 14.8. The van der Waals surface area contributed by atoms with E-state index in [0.29, 0.717) is 37.3 Å². The van der Waals surface area contributed by atoms with Crippen molar-refractivity contribution in [3.8, 4) is 0 Å². The molecular formula is C14H24N4O3. The summed E-state index contributed by atoms with van der Waals surface area (Å²) in [7, 11) is 0. The lowest BCUT2D eigenvalue weighted by molar-refractivity contribution is -0.384. The Bertz CT molecular complexity index is 452. The van der Waals surface area contributed by atoms with Crippen LogP contribution in [0.2, 0.25) is 0 Å². The van der Waals surface area contributed by atoms with Crippen molar-refractivity contribution in [2.24, 2.45) is 5.92 Å². The van der Waals surface area contributed by atoms with Gasteiger partial charge in [0.2, 0.25) is 0 Å². The molecule has 0 fully saturated rings. The van der Waals surface area contributed by atoms with Gasteiger partial charge in [0.15, 0.2) is 0 Å². The molecule has 0 aliphatic rings. The monoisotopic (exact) mass is 296 g/mol. The van der Waals surface area contributed by atoms with Gasteiger partial charge in [0.25, 0.3) is 5.69 Å². The molecule has 1 rings (SSSR count). The molecule has 1 aromatic rings. The van der Waals surface area contributed by atoms with Gasteiger partial charge < -0.3 is 15.4 Å². The number of ether oxygens (including phenoxy) is 1. The molecule has 1 heterocycles. The van der Waals surface area contributed by atoms with Crippen molar-refractivity contribution < 1.29 is 9.66 Å². The minimum atomic E-state index is -0.417. The molecule has 0 aliphatic heterocycles. The first-order valence-electron chi connectivity index (χ1n) is 7.25. The van der Waals surface area contributed by atoms with E-state index in [-0.39, 0.29) is 5.69 Å². The van der Waals surface area contributed by atoms with E-state index in [2.05, 4.69) is 29.5 Å². The van der Waals surface area contributed by atoms with E-state index in [1.165, 1.54) is 12.1 Å². The molecule has 0 amide bonds. The highest BCUT2D eigenvalue weighted by Crippen LogP contribution is 2.20. The predicted octanol–water partition coefficient (Wildman–Crippen LogP) is 2.90. The molecule has 0 aliphatic carbocycles. The van der Waals surface area contributed by atoms with E-state index < -0.39 is 4.92 Å². The van der Waals surface area contributed by atoms with Crippen LogP contribution in [0.5, 0.6) is 0 Å². The maximum absolute atomic E-state index is 10.9. The van der Waals surface area contributed by atoms with E-state index >= 15 is 0 Å². The van der Waals surface area contributed by atoms with Crippen molar-refractivity contribution in [1.29, 1.82) is 0 Å². The van der Waals surface area contributed by atoms with Gasteiger partial charge in [-0.15, -0.1) is 0 Å². The molecule has 0 aromatic carbocycles. The van der Waals surface area contributed by atoms with Gasteiger partial charge in [-0.1, -0.05) is 13.8 Å². The third-order valence-corrected chi connectivity index (χ3v) is 2.60. The third kappa shape index (κ3) is 6.89. The predicted molar refractivity (Wildman–Crippen MR) is 83.8 cm³/mol. The SMILES string of the molecule is CCNc1cc([N+](=O)[O-])cc(NCCCOCC(C)C)n1. The molecule has 0 spiro atoms. The average molecular weight is 296 g/mol. The Hall–Kier alpha value is -1.89. The number of rotatable bonds is 10. The van der Waals surface area contributed by atoms with Gasteiger partial charge in [0.05, 0.1) is 17.1 Å². The van der Waals surface area contributed by atoms with Crippen LogP contribution in [-0.2, 0) is 4.74 Å². The lowest BCUT2D eigenvalue weighted by atomic mass is 10.2. The highest BCUT2D eigenvalue weighted by atomic mass is 16.6. The number of pyridine rings is 1. The van der Waals surface area contributed by atoms with Crippen LogP contribution in [0.25, 0.3) is 0 Å². The van der Waals surface area contributed by atoms with Gasteiger partial charge in [0.1, 0.15) is 11.6 Å². The van der Waals surface area contributed by atoms with Crippen molar-refractivity contribution in [1.82, 2.24) is 4.98 Å². The Kier molecular flexibility index (Phi) is 7.45. The molecular weight excluding hydrogens is 272 g/mol. The van der Waals surface area contributed by atoms with Crippen molar-refractivity contribution in [3.05, 3.63) is 22.2 Å². The van der Waals surface area contributed by atoms with Crippen LogP contribution in [0, 0.1) is 16.0 Å². The number of hydrogen-bond acceptors (Lipinski definition) is 6. The summed E-state index contributed by atoms with van der Waals surface area (Å²) in [5.74, 6) is 1.54. The molecule has 0 radical (unpaired) electrons. The van der Waals surface area contributed by atoms with Crippen LogP contribution in [0.3, 0.4) is 0 Å². The second-order valence-electron chi connectivity index (χ2n) is 5.13. The van der Waals surface area contributed by atoms with Gasteiger partial charge in [-0.25, -0.2) is 4.98 Å². The summed E-state index contributed by atoms with van der Waals surface area (Å²) < 4.78 is 5.48. The number of aromatic nitrogens is 1. The van der Waals surface area contributed by atoms with Gasteiger partial charge in [-0.2, -0.15) is 0 Å². The summed E-state index contributed by atoms with van der Waals surface area (Å²) in [5, 5.41) is 17.0. The molecule has 0 atom stereocenters. The van der Waals surface area contributed by atoms with Gasteiger partial charge in [-0.05, 0) is 19.3 Å². The summed E-state index contributed by atoms with van der Waals surface area (Å²) >= 11 is 0. The second-order valence-corrected chi connectivity index (χ2v) is 5.13. The highest BCUT2D eigenvalue weighted by Gasteiger charge is 2.10. The normalized spacial score (nSPS) is 10.7. The molecule has 0 saturated carbocycles. The number of anilines is 2. The summed E-state index contributed by atoms with van der Waals surface area (Å²) in [6.07, 6.45) is 0.827. The molecule has 0 unspecified atom stereocenters. The number of nitrogens with zero attached hydrogens (tertiary/aromatic N) is 2. The fourth-order valence-electron chi connectivity index (χ4n) is 1.69. The van der Waals surface area contributed by atoms with Crippen molar-refractivity contribution >= 4 is 17.3 Å². The standard InChI is InChI=1S/C14H24N4O3/c1-4-15-13-8-12(18(19)20)9-14(17-13)16-6-5-7-21-10-11(2)3/h8-9,11H,4-7,10H2,1-3H3,(H2,15,16,17). The highest BCUT2D eigenvalue weighted by molar-refractivity contribution is 5.54. The largest absolute Gasteiger partial charge is 0.381 e. The Morgan fingerprint density at radius 2 is 2.00 bits per heavy atom. The first-order valence-corrected chi connectivity index (χ1v) is 7.25. The van der Waals surface area contributed by atoms with Crippen LogP contribution in [0.1, 0.15) is 27.2 Å². The topological polar surface area (TPSA) is 89.3 Å². The van der Waals surface area contributed by atoms with E-state index in [9.17, 15) is 10.1 Å². The van der Waals surface area contributed by atoms with E-state index in [1.807, 2.05) is 6.92 Å². The van der Waals surface area contributed by atoms with E-state index in [4.69, 9.17) is 4.74 Å². The fraction of sp³-hybridized carbons (Fsp3) is 0.643. The minimum Gasteiger partial charge on any atom is -0.381 e. The third-order valence-electron chi connectivity index (χ3n) is 2.60. The Labute approximate surface area is 125 Å². The summed E-state index contributed by atoms with van der Waals surface area (Å²) in [6.45, 7) is 8.87. The first-order chi connectivity index (χ1) is 10.0. The zero-order valence-electron chi connectivity index (χ0n) is 12.9. The molecule has 0 bridgehead atoms. The number of hydrogen-bond donors (Lipinski definition) is 2. The van der Waals surface area contributed by atoms with Crippen LogP contribution in [0.4, 0.5) is 17.3 Å². The Morgan fingerprint density at radius 3 is 2.57 bits per heavy atom. The van der Waals surface area contributed by atoms with Crippen LogP contribution >= 0.6 is 0 Å². The molecule has 2 N–H and O–H groups in total. The summed E-state index contributed by atoms with van der Waals surface area (Å²) in [5.41, 5.74) is 0.0273. The smallest absolute Gasteiger partial charge is 0.276 e. The molecule has 1 aromatic heterocycles. The Morgan fingerprint density at radius 1 is 1.33 bits per heavy atom. The van der Waals surface area contributed by atoms with Gasteiger partial charge in [0, 0.05) is 26.3 Å². The van der Waals surface area contributed by atoms with Crippen LogP contribution in [0.15, 0.2) is 12.1 Å². The molecule has 118 valence electrons. The first kappa shape index (κ1) is 17.2. The maximum atomic E-state index is 10.9. The van der Waals surface area contributed by atoms with E-state index in [1.54, 1.807) is 0 Å². The van der Waals surface area contributed by atoms with E-state index in [0.717, 1.165) is 13.0 Å². The van der Waals surface area contributed by atoms with Gasteiger partial charge >= 0.3 is 0 Å².